The molecule has 6 heteroatoms. The number of carbonyl (C=O) groups is 2. The molecule has 0 atom stereocenters. The van der Waals surface area contributed by atoms with Crippen molar-refractivity contribution in [2.45, 2.75) is 6.42 Å². The van der Waals surface area contributed by atoms with E-state index in [0.29, 0.717) is 0 Å². The van der Waals surface area contributed by atoms with E-state index in [1.165, 1.54) is 0 Å². The Morgan fingerprint density at radius 3 is 2.36 bits per heavy atom. The number of ether oxygens (including phenoxy) is 1. The first-order valence-electron chi connectivity index (χ1n) is 2.81. The molecule has 0 heterocycles. The number of carbonyl (C=O) groups excluding carboxylic acids is 2. The first-order chi connectivity index (χ1) is 5.20. The van der Waals surface area contributed by atoms with E-state index in [2.05, 4.69) is 9.62 Å². The van der Waals surface area contributed by atoms with Crippen LogP contribution in [0.5, 0.6) is 0 Å². The Kier molecular flexibility index (Phi) is 5.05. The third-order valence-corrected chi connectivity index (χ3v) is 0.745. The predicted octanol–water partition coefficient (Wildman–Crippen LogP) is -1.07. The Morgan fingerprint density at radius 2 is 1.91 bits per heavy atom. The van der Waals surface area contributed by atoms with Crippen molar-refractivity contribution in [3.05, 3.63) is 0 Å². The van der Waals surface area contributed by atoms with Crippen LogP contribution >= 0.6 is 0 Å². The summed E-state index contributed by atoms with van der Waals surface area (Å²) in [4.78, 5) is 23.8. The molecular formula is C5H8O6. The number of aliphatic hydroxyl groups excluding tert-OH is 1. The van der Waals surface area contributed by atoms with Gasteiger partial charge in [0.15, 0.2) is 0 Å². The number of rotatable bonds is 4. The summed E-state index contributed by atoms with van der Waals surface area (Å²) in [5, 5.41) is 15.9. The Balaban J connectivity index is 3.44. The zero-order valence-electron chi connectivity index (χ0n) is 5.65. The van der Waals surface area contributed by atoms with Crippen molar-refractivity contribution in [1.29, 1.82) is 0 Å². The molecule has 0 aliphatic carbocycles. The van der Waals surface area contributed by atoms with Crippen molar-refractivity contribution in [3.63, 3.8) is 0 Å². The van der Waals surface area contributed by atoms with Gasteiger partial charge in [-0.2, -0.15) is 5.26 Å². The second kappa shape index (κ2) is 5.63. The molecule has 0 fully saturated rings. The molecule has 0 spiro atoms. The lowest BCUT2D eigenvalue weighted by molar-refractivity contribution is -0.234. The molecule has 0 saturated heterocycles. The topological polar surface area (TPSA) is 93.1 Å². The smallest absolute Gasteiger partial charge is 0.353 e. The van der Waals surface area contributed by atoms with Gasteiger partial charge in [0, 0.05) is 0 Å². The van der Waals surface area contributed by atoms with Crippen molar-refractivity contribution in [2.24, 2.45) is 0 Å². The van der Waals surface area contributed by atoms with Crippen LogP contribution in [-0.2, 0) is 19.2 Å². The minimum absolute atomic E-state index is 0.169. The average Bonchev–Trinajstić information content (AvgIpc) is 2.00. The van der Waals surface area contributed by atoms with Crippen LogP contribution in [0.4, 0.5) is 0 Å². The van der Waals surface area contributed by atoms with Crippen LogP contribution in [0.25, 0.3) is 0 Å². The second-order valence-electron chi connectivity index (χ2n) is 1.58. The van der Waals surface area contributed by atoms with Crippen LogP contribution in [0.15, 0.2) is 0 Å². The number of esters is 1. The lowest BCUT2D eigenvalue weighted by Gasteiger charge is -1.99. The van der Waals surface area contributed by atoms with E-state index in [9.17, 15) is 9.59 Å². The molecule has 0 aliphatic heterocycles. The van der Waals surface area contributed by atoms with Crippen LogP contribution in [-0.4, -0.2) is 35.5 Å². The number of hydrogen-bond donors (Lipinski definition) is 2. The monoisotopic (exact) mass is 164 g/mol. The number of hydrogen-bond acceptors (Lipinski definition) is 6. The summed E-state index contributed by atoms with van der Waals surface area (Å²) in [6, 6.07) is 0. The van der Waals surface area contributed by atoms with E-state index >= 15 is 0 Å². The fraction of sp³-hybridized carbons (Fsp3) is 0.600. The normalized spacial score (nSPS) is 8.91. The summed E-state index contributed by atoms with van der Waals surface area (Å²) in [6.07, 6.45) is -0.656. The molecule has 6 nitrogen and oxygen atoms in total. The lowest BCUT2D eigenvalue weighted by Crippen LogP contribution is -2.14. The molecule has 64 valence electrons. The summed E-state index contributed by atoms with van der Waals surface area (Å²) in [6.45, 7) is -0.475. The summed E-state index contributed by atoms with van der Waals surface area (Å²) in [5.74, 6) is -1.94. The van der Waals surface area contributed by atoms with Crippen molar-refractivity contribution in [1.82, 2.24) is 0 Å². The van der Waals surface area contributed by atoms with E-state index in [-0.39, 0.29) is 13.2 Å². The minimum atomic E-state index is -1.09. The highest BCUT2D eigenvalue weighted by molar-refractivity contribution is 5.90. The molecule has 0 aromatic carbocycles. The molecule has 0 saturated carbocycles. The zero-order valence-corrected chi connectivity index (χ0v) is 5.65. The van der Waals surface area contributed by atoms with Crippen LogP contribution in [0.3, 0.4) is 0 Å². The Hall–Kier alpha value is -1.14. The SMILES string of the molecule is O=C(CC(=O)OCCO)OO. The van der Waals surface area contributed by atoms with Crippen molar-refractivity contribution >= 4 is 11.9 Å². The van der Waals surface area contributed by atoms with Crippen molar-refractivity contribution in [3.8, 4) is 0 Å². The van der Waals surface area contributed by atoms with Gasteiger partial charge >= 0.3 is 11.9 Å². The summed E-state index contributed by atoms with van der Waals surface area (Å²) >= 11 is 0. The maximum absolute atomic E-state index is 10.4. The largest absolute Gasteiger partial charge is 0.463 e. The summed E-state index contributed by atoms with van der Waals surface area (Å²) in [5.41, 5.74) is 0. The minimum Gasteiger partial charge on any atom is -0.463 e. The van der Waals surface area contributed by atoms with E-state index in [4.69, 9.17) is 10.4 Å². The highest BCUT2D eigenvalue weighted by Gasteiger charge is 2.10. The molecule has 0 unspecified atom stereocenters. The molecule has 2 N–H and O–H groups in total. The predicted molar refractivity (Wildman–Crippen MR) is 31.4 cm³/mol. The maximum atomic E-state index is 10.4. The van der Waals surface area contributed by atoms with Gasteiger partial charge in [0.1, 0.15) is 13.0 Å². The molecule has 0 bridgehead atoms. The third-order valence-electron chi connectivity index (χ3n) is 0.745. The van der Waals surface area contributed by atoms with Gasteiger partial charge in [-0.15, -0.1) is 0 Å². The maximum Gasteiger partial charge on any atom is 0.353 e. The fourth-order valence-corrected chi connectivity index (χ4v) is 0.361. The van der Waals surface area contributed by atoms with Crippen LogP contribution in [0.1, 0.15) is 6.42 Å². The first kappa shape index (κ1) is 9.86. The molecule has 0 radical (unpaired) electrons. The van der Waals surface area contributed by atoms with Crippen molar-refractivity contribution in [2.75, 3.05) is 13.2 Å². The van der Waals surface area contributed by atoms with E-state index in [0.717, 1.165) is 0 Å². The highest BCUT2D eigenvalue weighted by atomic mass is 17.1. The summed E-state index contributed by atoms with van der Waals surface area (Å²) in [7, 11) is 0. The van der Waals surface area contributed by atoms with Crippen LogP contribution in [0, 0.1) is 0 Å². The average molecular weight is 164 g/mol. The Morgan fingerprint density at radius 1 is 1.27 bits per heavy atom. The fourth-order valence-electron chi connectivity index (χ4n) is 0.361. The molecular weight excluding hydrogens is 156 g/mol. The molecule has 11 heavy (non-hydrogen) atoms. The van der Waals surface area contributed by atoms with Crippen LogP contribution in [0.2, 0.25) is 0 Å². The zero-order chi connectivity index (χ0) is 8.69. The van der Waals surface area contributed by atoms with Gasteiger partial charge in [-0.25, -0.2) is 4.79 Å². The standard InChI is InChI=1S/C5H8O6/c6-1-2-10-4(7)3-5(8)11-9/h6,9H,1-3H2. The quantitative estimate of drug-likeness (QED) is 0.238. The van der Waals surface area contributed by atoms with Gasteiger partial charge in [-0.3, -0.25) is 4.79 Å². The van der Waals surface area contributed by atoms with E-state index in [1.54, 1.807) is 0 Å². The van der Waals surface area contributed by atoms with Crippen LogP contribution < -0.4 is 0 Å². The second-order valence-corrected chi connectivity index (χ2v) is 1.58. The Bertz CT molecular complexity index is 142. The van der Waals surface area contributed by atoms with Gasteiger partial charge in [0.25, 0.3) is 0 Å². The van der Waals surface area contributed by atoms with Gasteiger partial charge in [-0.05, 0) is 0 Å². The third kappa shape index (κ3) is 5.31. The van der Waals surface area contributed by atoms with Gasteiger partial charge in [-0.1, -0.05) is 0 Å². The van der Waals surface area contributed by atoms with E-state index < -0.39 is 18.4 Å². The highest BCUT2D eigenvalue weighted by Crippen LogP contribution is 1.88. The van der Waals surface area contributed by atoms with Gasteiger partial charge in [0.2, 0.25) is 0 Å². The molecule has 0 aliphatic rings. The van der Waals surface area contributed by atoms with Gasteiger partial charge in [0.05, 0.1) is 6.61 Å². The molecule has 0 rings (SSSR count). The van der Waals surface area contributed by atoms with E-state index in [1.807, 2.05) is 0 Å². The Labute approximate surface area is 62.3 Å². The molecule has 0 amide bonds. The first-order valence-corrected chi connectivity index (χ1v) is 2.81. The summed E-state index contributed by atoms with van der Waals surface area (Å²) < 4.78 is 4.26. The van der Waals surface area contributed by atoms with Gasteiger partial charge < -0.3 is 14.7 Å². The lowest BCUT2D eigenvalue weighted by atomic mass is 10.4. The molecule has 0 aromatic heterocycles. The molecule has 0 aromatic rings. The van der Waals surface area contributed by atoms with Crippen molar-refractivity contribution < 1.29 is 29.6 Å². The number of aliphatic hydroxyl groups is 1.